The van der Waals surface area contributed by atoms with Crippen LogP contribution in [0.4, 0.5) is 0 Å². The van der Waals surface area contributed by atoms with Crippen molar-refractivity contribution in [2.75, 3.05) is 0 Å². The number of phenols is 5. The molecule has 9 heteroatoms. The molecule has 0 amide bonds. The molecule has 4 aromatic carbocycles. The Labute approximate surface area is 236 Å². The highest BCUT2D eigenvalue weighted by Crippen LogP contribution is 2.56. The fourth-order valence-corrected chi connectivity index (χ4v) is 4.45. The van der Waals surface area contributed by atoms with E-state index < -0.39 is 29.2 Å². The van der Waals surface area contributed by atoms with Crippen molar-refractivity contribution in [2.45, 2.75) is 33.1 Å². The van der Waals surface area contributed by atoms with E-state index in [1.165, 1.54) is 72.8 Å². The highest BCUT2D eigenvalue weighted by molar-refractivity contribution is 5.98. The van der Waals surface area contributed by atoms with E-state index >= 15 is 0 Å². The standard InChI is InChI=1S/C32H30O9/c1-3-4-18(2)17-25(36)40-30-26(19-5-11-22(33)12-6-19)29(38)31(41-32(39)21-9-15-24(35)16-10-21)27(28(30)37)20-7-13-23(34)14-8-20/h5-16,18,33-35,37-38H,3-4,17H2,1-2H3/t18-/m0/s1. The van der Waals surface area contributed by atoms with Crippen LogP contribution in [0.25, 0.3) is 22.3 Å². The van der Waals surface area contributed by atoms with Crippen LogP contribution >= 0.6 is 0 Å². The number of esters is 2. The Morgan fingerprint density at radius 1 is 0.659 bits per heavy atom. The van der Waals surface area contributed by atoms with E-state index in [9.17, 15) is 35.1 Å². The van der Waals surface area contributed by atoms with Crippen LogP contribution in [0.5, 0.6) is 40.2 Å². The summed E-state index contributed by atoms with van der Waals surface area (Å²) < 4.78 is 11.3. The van der Waals surface area contributed by atoms with Crippen LogP contribution in [-0.4, -0.2) is 37.5 Å². The van der Waals surface area contributed by atoms with Crippen molar-refractivity contribution >= 4 is 11.9 Å². The lowest BCUT2D eigenvalue weighted by Crippen LogP contribution is -2.14. The van der Waals surface area contributed by atoms with Crippen molar-refractivity contribution < 1.29 is 44.6 Å². The molecular formula is C32H30O9. The number of hydrogen-bond acceptors (Lipinski definition) is 9. The van der Waals surface area contributed by atoms with Crippen molar-refractivity contribution in [1.82, 2.24) is 0 Å². The Balaban J connectivity index is 1.95. The predicted octanol–water partition coefficient (Wildman–Crippen LogP) is 6.50. The average Bonchev–Trinajstić information content (AvgIpc) is 2.93. The molecule has 5 N–H and O–H groups in total. The van der Waals surface area contributed by atoms with E-state index in [2.05, 4.69) is 0 Å². The molecule has 4 aromatic rings. The van der Waals surface area contributed by atoms with Crippen LogP contribution in [0.2, 0.25) is 0 Å². The summed E-state index contributed by atoms with van der Waals surface area (Å²) in [7, 11) is 0. The monoisotopic (exact) mass is 558 g/mol. The number of carbonyl (C=O) groups is 2. The molecule has 4 rings (SSSR count). The molecule has 0 bridgehead atoms. The van der Waals surface area contributed by atoms with Gasteiger partial charge in [-0.25, -0.2) is 4.79 Å². The quantitative estimate of drug-likeness (QED) is 0.0880. The van der Waals surface area contributed by atoms with E-state index in [1.807, 2.05) is 13.8 Å². The lowest BCUT2D eigenvalue weighted by Gasteiger charge is -2.21. The first-order chi connectivity index (χ1) is 19.6. The minimum absolute atomic E-state index is 0.00229. The summed E-state index contributed by atoms with van der Waals surface area (Å²) in [4.78, 5) is 26.1. The van der Waals surface area contributed by atoms with Gasteiger partial charge in [-0.1, -0.05) is 51.0 Å². The zero-order valence-corrected chi connectivity index (χ0v) is 22.5. The summed E-state index contributed by atoms with van der Waals surface area (Å²) in [5.74, 6) is -3.77. The van der Waals surface area contributed by atoms with E-state index in [4.69, 9.17) is 9.47 Å². The molecule has 1 atom stereocenters. The first-order valence-electron chi connectivity index (χ1n) is 13.0. The van der Waals surface area contributed by atoms with Crippen LogP contribution in [0, 0.1) is 5.92 Å². The predicted molar refractivity (Wildman–Crippen MR) is 151 cm³/mol. The van der Waals surface area contributed by atoms with Crippen LogP contribution in [0.15, 0.2) is 72.8 Å². The molecule has 0 heterocycles. The van der Waals surface area contributed by atoms with Crippen molar-refractivity contribution in [3.63, 3.8) is 0 Å². The molecule has 0 aromatic heterocycles. The van der Waals surface area contributed by atoms with Gasteiger partial charge < -0.3 is 35.0 Å². The number of hydrogen-bond donors (Lipinski definition) is 5. The van der Waals surface area contributed by atoms with Crippen LogP contribution in [-0.2, 0) is 4.79 Å². The second kappa shape index (κ2) is 12.3. The molecule has 0 spiro atoms. The topological polar surface area (TPSA) is 154 Å². The summed E-state index contributed by atoms with van der Waals surface area (Å²) in [5.41, 5.74) is 0.221. The average molecular weight is 559 g/mol. The van der Waals surface area contributed by atoms with Gasteiger partial charge in [-0.2, -0.15) is 0 Å². The Morgan fingerprint density at radius 3 is 1.51 bits per heavy atom. The maximum Gasteiger partial charge on any atom is 0.343 e. The Morgan fingerprint density at radius 2 is 1.07 bits per heavy atom. The van der Waals surface area contributed by atoms with Crippen LogP contribution in [0.3, 0.4) is 0 Å². The zero-order valence-electron chi connectivity index (χ0n) is 22.5. The van der Waals surface area contributed by atoms with Gasteiger partial charge in [0.15, 0.2) is 23.0 Å². The molecule has 0 fully saturated rings. The lowest BCUT2D eigenvalue weighted by atomic mass is 9.95. The Hall–Kier alpha value is -5.18. The van der Waals surface area contributed by atoms with Crippen LogP contribution < -0.4 is 9.47 Å². The zero-order chi connectivity index (χ0) is 29.7. The third-order valence-corrected chi connectivity index (χ3v) is 6.48. The van der Waals surface area contributed by atoms with Crippen molar-refractivity contribution in [3.8, 4) is 62.5 Å². The summed E-state index contributed by atoms with van der Waals surface area (Å²) in [5, 5.41) is 52.4. The number of carbonyl (C=O) groups excluding carboxylic acids is 2. The molecule has 0 saturated heterocycles. The number of ether oxygens (including phenoxy) is 2. The number of rotatable bonds is 9. The third kappa shape index (κ3) is 6.52. The van der Waals surface area contributed by atoms with Crippen molar-refractivity contribution in [2.24, 2.45) is 5.92 Å². The maximum atomic E-state index is 13.1. The largest absolute Gasteiger partial charge is 0.508 e. The highest BCUT2D eigenvalue weighted by atomic mass is 16.6. The molecule has 0 aliphatic carbocycles. The lowest BCUT2D eigenvalue weighted by molar-refractivity contribution is -0.135. The highest BCUT2D eigenvalue weighted by Gasteiger charge is 2.31. The van der Waals surface area contributed by atoms with Gasteiger partial charge >= 0.3 is 11.9 Å². The Bertz CT molecular complexity index is 1540. The second-order valence-electron chi connectivity index (χ2n) is 9.71. The van der Waals surface area contributed by atoms with Crippen molar-refractivity contribution in [1.29, 1.82) is 0 Å². The molecule has 0 radical (unpaired) electrons. The smallest absolute Gasteiger partial charge is 0.343 e. The van der Waals surface area contributed by atoms with Gasteiger partial charge in [0.2, 0.25) is 0 Å². The fraction of sp³-hybridized carbons (Fsp3) is 0.188. The molecule has 0 unspecified atom stereocenters. The van der Waals surface area contributed by atoms with Gasteiger partial charge in [0.05, 0.1) is 16.7 Å². The Kier molecular flexibility index (Phi) is 8.67. The molecule has 9 nitrogen and oxygen atoms in total. The number of phenolic OH excluding ortho intramolecular Hbond substituents is 5. The number of aromatic hydroxyl groups is 5. The SMILES string of the molecule is CCC[C@H](C)CC(=O)Oc1c(O)c(-c2ccc(O)cc2)c(OC(=O)c2ccc(O)cc2)c(O)c1-c1ccc(O)cc1. The summed E-state index contributed by atoms with van der Waals surface area (Å²) in [6, 6.07) is 16.3. The van der Waals surface area contributed by atoms with Crippen molar-refractivity contribution in [3.05, 3.63) is 78.4 Å². The van der Waals surface area contributed by atoms with E-state index in [0.717, 1.165) is 12.8 Å². The maximum absolute atomic E-state index is 13.1. The van der Waals surface area contributed by atoms with Gasteiger partial charge in [-0.3, -0.25) is 4.79 Å². The normalized spacial score (nSPS) is 11.6. The first kappa shape index (κ1) is 28.8. The molecule has 0 saturated carbocycles. The van der Waals surface area contributed by atoms with E-state index in [-0.39, 0.29) is 63.2 Å². The van der Waals surface area contributed by atoms with Gasteiger partial charge in [0, 0.05) is 6.42 Å². The second-order valence-corrected chi connectivity index (χ2v) is 9.71. The number of benzene rings is 4. The molecule has 0 aliphatic rings. The molecule has 0 aliphatic heterocycles. The van der Waals surface area contributed by atoms with E-state index in [1.54, 1.807) is 0 Å². The summed E-state index contributed by atoms with van der Waals surface area (Å²) >= 11 is 0. The van der Waals surface area contributed by atoms with Crippen LogP contribution in [0.1, 0.15) is 43.5 Å². The third-order valence-electron chi connectivity index (χ3n) is 6.48. The molecule has 41 heavy (non-hydrogen) atoms. The van der Waals surface area contributed by atoms with E-state index in [0.29, 0.717) is 0 Å². The summed E-state index contributed by atoms with van der Waals surface area (Å²) in [6.07, 6.45) is 1.70. The summed E-state index contributed by atoms with van der Waals surface area (Å²) in [6.45, 7) is 3.90. The first-order valence-corrected chi connectivity index (χ1v) is 13.0. The molecule has 212 valence electrons. The minimum atomic E-state index is -0.908. The molecular weight excluding hydrogens is 528 g/mol. The van der Waals surface area contributed by atoms with Gasteiger partial charge in [0.1, 0.15) is 17.2 Å². The fourth-order valence-electron chi connectivity index (χ4n) is 4.45. The van der Waals surface area contributed by atoms with Gasteiger partial charge in [-0.15, -0.1) is 0 Å². The minimum Gasteiger partial charge on any atom is -0.508 e. The van der Waals surface area contributed by atoms with Gasteiger partial charge in [-0.05, 0) is 65.6 Å². The van der Waals surface area contributed by atoms with Gasteiger partial charge in [0.25, 0.3) is 0 Å².